The molecule has 0 saturated heterocycles. The van der Waals surface area contributed by atoms with Crippen LogP contribution in [0.15, 0.2) is 0 Å². The van der Waals surface area contributed by atoms with Crippen LogP contribution in [0, 0.1) is 5.92 Å². The van der Waals surface area contributed by atoms with Gasteiger partial charge in [-0.25, -0.2) is 0 Å². The molecule has 4 nitrogen and oxygen atoms in total. The van der Waals surface area contributed by atoms with Gasteiger partial charge in [0.25, 0.3) is 0 Å². The van der Waals surface area contributed by atoms with Gasteiger partial charge in [-0.05, 0) is 25.2 Å². The lowest BCUT2D eigenvalue weighted by molar-refractivity contribution is -0.143. The second kappa shape index (κ2) is 6.08. The highest BCUT2D eigenvalue weighted by molar-refractivity contribution is 5.69. The Labute approximate surface area is 90.9 Å². The molecule has 0 aromatic rings. The fourth-order valence-electron chi connectivity index (χ4n) is 2.21. The molecule has 0 aromatic heterocycles. The maximum absolute atomic E-state index is 11.1. The maximum atomic E-state index is 11.1. The summed E-state index contributed by atoms with van der Waals surface area (Å²) in [5.74, 6) is 0.236. The van der Waals surface area contributed by atoms with E-state index in [1.807, 2.05) is 0 Å². The van der Waals surface area contributed by atoms with E-state index in [-0.39, 0.29) is 18.2 Å². The normalized spacial score (nSPS) is 31.3. The number of hydrogen-bond donors (Lipinski definition) is 0. The Morgan fingerprint density at radius 2 is 1.80 bits per heavy atom. The molecule has 0 spiro atoms. The van der Waals surface area contributed by atoms with Crippen molar-refractivity contribution in [2.75, 3.05) is 21.3 Å². The van der Waals surface area contributed by atoms with Crippen molar-refractivity contribution in [2.45, 2.75) is 37.9 Å². The van der Waals surface area contributed by atoms with E-state index in [0.29, 0.717) is 12.3 Å². The molecular formula is C11H20O4. The van der Waals surface area contributed by atoms with Crippen molar-refractivity contribution in [1.82, 2.24) is 0 Å². The predicted octanol–water partition coefficient (Wildman–Crippen LogP) is 1.38. The Hall–Kier alpha value is -0.610. The van der Waals surface area contributed by atoms with E-state index < -0.39 is 0 Å². The molecule has 1 aliphatic rings. The molecule has 0 aromatic carbocycles. The molecule has 1 saturated carbocycles. The minimum Gasteiger partial charge on any atom is -0.469 e. The van der Waals surface area contributed by atoms with Crippen LogP contribution in [0.2, 0.25) is 0 Å². The lowest BCUT2D eigenvalue weighted by atomic mass is 9.83. The highest BCUT2D eigenvalue weighted by Gasteiger charge is 2.31. The minimum atomic E-state index is -0.134. The first-order chi connectivity index (χ1) is 7.21. The Balaban J connectivity index is 2.42. The first-order valence-electron chi connectivity index (χ1n) is 5.33. The van der Waals surface area contributed by atoms with Crippen LogP contribution in [0.4, 0.5) is 0 Å². The molecule has 15 heavy (non-hydrogen) atoms. The quantitative estimate of drug-likeness (QED) is 0.666. The van der Waals surface area contributed by atoms with Gasteiger partial charge in [-0.15, -0.1) is 0 Å². The van der Waals surface area contributed by atoms with E-state index in [4.69, 9.17) is 9.47 Å². The summed E-state index contributed by atoms with van der Waals surface area (Å²) in [7, 11) is 4.82. The molecule has 0 radical (unpaired) electrons. The van der Waals surface area contributed by atoms with Crippen LogP contribution >= 0.6 is 0 Å². The molecule has 0 aliphatic heterocycles. The number of rotatable bonds is 4. The number of esters is 1. The van der Waals surface area contributed by atoms with Crippen molar-refractivity contribution in [2.24, 2.45) is 5.92 Å². The largest absolute Gasteiger partial charge is 0.469 e. The Morgan fingerprint density at radius 3 is 2.33 bits per heavy atom. The lowest BCUT2D eigenvalue weighted by Gasteiger charge is -2.33. The van der Waals surface area contributed by atoms with E-state index in [1.165, 1.54) is 7.11 Å². The van der Waals surface area contributed by atoms with E-state index in [2.05, 4.69) is 4.74 Å². The van der Waals surface area contributed by atoms with Gasteiger partial charge in [-0.1, -0.05) is 0 Å². The third kappa shape index (κ3) is 3.47. The summed E-state index contributed by atoms with van der Waals surface area (Å²) in [6, 6.07) is 0. The molecule has 3 unspecified atom stereocenters. The van der Waals surface area contributed by atoms with Crippen molar-refractivity contribution >= 4 is 5.97 Å². The Bertz CT molecular complexity index is 205. The summed E-state index contributed by atoms with van der Waals surface area (Å²) in [6.45, 7) is 0. The predicted molar refractivity (Wildman–Crippen MR) is 55.6 cm³/mol. The van der Waals surface area contributed by atoms with Crippen molar-refractivity contribution in [3.63, 3.8) is 0 Å². The van der Waals surface area contributed by atoms with Crippen molar-refractivity contribution in [3.05, 3.63) is 0 Å². The average Bonchev–Trinajstić information content (AvgIpc) is 2.28. The van der Waals surface area contributed by atoms with Crippen LogP contribution in [0.3, 0.4) is 0 Å². The second-order valence-corrected chi connectivity index (χ2v) is 4.01. The molecule has 3 atom stereocenters. The molecule has 1 fully saturated rings. The SMILES string of the molecule is COC(=O)CC1CCC(OC)C(OC)C1. The highest BCUT2D eigenvalue weighted by Crippen LogP contribution is 2.30. The smallest absolute Gasteiger partial charge is 0.305 e. The third-order valence-electron chi connectivity index (χ3n) is 3.13. The monoisotopic (exact) mass is 216 g/mol. The average molecular weight is 216 g/mol. The molecule has 88 valence electrons. The first kappa shape index (κ1) is 12.5. The lowest BCUT2D eigenvalue weighted by Crippen LogP contribution is -2.37. The standard InChI is InChI=1S/C11H20O4/c1-13-9-5-4-8(6-10(9)14-2)7-11(12)15-3/h8-10H,4-7H2,1-3H3. The van der Waals surface area contributed by atoms with Crippen LogP contribution in [-0.2, 0) is 19.0 Å². The van der Waals surface area contributed by atoms with Crippen LogP contribution in [0.25, 0.3) is 0 Å². The van der Waals surface area contributed by atoms with Gasteiger partial charge >= 0.3 is 5.97 Å². The Kier molecular flexibility index (Phi) is 5.05. The molecule has 1 aliphatic carbocycles. The van der Waals surface area contributed by atoms with Crippen LogP contribution in [-0.4, -0.2) is 39.5 Å². The van der Waals surface area contributed by atoms with E-state index in [9.17, 15) is 4.79 Å². The van der Waals surface area contributed by atoms with Gasteiger partial charge in [0, 0.05) is 20.6 Å². The van der Waals surface area contributed by atoms with Gasteiger partial charge in [-0.2, -0.15) is 0 Å². The minimum absolute atomic E-state index is 0.110. The van der Waals surface area contributed by atoms with Crippen LogP contribution in [0.1, 0.15) is 25.7 Å². The number of hydrogen-bond acceptors (Lipinski definition) is 4. The van der Waals surface area contributed by atoms with Crippen molar-refractivity contribution in [1.29, 1.82) is 0 Å². The number of carbonyl (C=O) groups is 1. The van der Waals surface area contributed by atoms with Crippen molar-refractivity contribution < 1.29 is 19.0 Å². The summed E-state index contributed by atoms with van der Waals surface area (Å²) >= 11 is 0. The molecule has 0 bridgehead atoms. The van der Waals surface area contributed by atoms with E-state index >= 15 is 0 Å². The zero-order valence-electron chi connectivity index (χ0n) is 9.69. The fourth-order valence-corrected chi connectivity index (χ4v) is 2.21. The molecule has 0 amide bonds. The summed E-state index contributed by atoms with van der Waals surface area (Å²) in [5, 5.41) is 0. The van der Waals surface area contributed by atoms with Gasteiger partial charge in [0.1, 0.15) is 0 Å². The second-order valence-electron chi connectivity index (χ2n) is 4.01. The van der Waals surface area contributed by atoms with E-state index in [1.54, 1.807) is 14.2 Å². The molecule has 0 heterocycles. The molecule has 0 N–H and O–H groups in total. The van der Waals surface area contributed by atoms with Crippen LogP contribution in [0.5, 0.6) is 0 Å². The third-order valence-corrected chi connectivity index (χ3v) is 3.13. The van der Waals surface area contributed by atoms with Gasteiger partial charge in [-0.3, -0.25) is 4.79 Å². The zero-order chi connectivity index (χ0) is 11.3. The summed E-state index contributed by atoms with van der Waals surface area (Å²) in [5.41, 5.74) is 0. The number of ether oxygens (including phenoxy) is 3. The van der Waals surface area contributed by atoms with Gasteiger partial charge in [0.05, 0.1) is 19.3 Å². The topological polar surface area (TPSA) is 44.8 Å². The molecule has 4 heteroatoms. The summed E-state index contributed by atoms with van der Waals surface area (Å²) in [4.78, 5) is 11.1. The van der Waals surface area contributed by atoms with Gasteiger partial charge in [0.15, 0.2) is 0 Å². The van der Waals surface area contributed by atoms with Gasteiger partial charge < -0.3 is 14.2 Å². The first-order valence-corrected chi connectivity index (χ1v) is 5.33. The summed E-state index contributed by atoms with van der Waals surface area (Å²) in [6.07, 6.45) is 3.61. The fraction of sp³-hybridized carbons (Fsp3) is 0.909. The number of methoxy groups -OCH3 is 3. The maximum Gasteiger partial charge on any atom is 0.305 e. The van der Waals surface area contributed by atoms with E-state index in [0.717, 1.165) is 19.3 Å². The Morgan fingerprint density at radius 1 is 1.13 bits per heavy atom. The summed E-state index contributed by atoms with van der Waals surface area (Å²) < 4.78 is 15.4. The number of carbonyl (C=O) groups excluding carboxylic acids is 1. The van der Waals surface area contributed by atoms with Crippen molar-refractivity contribution in [3.8, 4) is 0 Å². The molecule has 1 rings (SSSR count). The van der Waals surface area contributed by atoms with Gasteiger partial charge in [0.2, 0.25) is 0 Å². The van der Waals surface area contributed by atoms with Crippen LogP contribution < -0.4 is 0 Å². The molecular weight excluding hydrogens is 196 g/mol. The highest BCUT2D eigenvalue weighted by atomic mass is 16.5. The zero-order valence-corrected chi connectivity index (χ0v) is 9.69.